The molecule has 3 rings (SSSR count). The molecule has 12 heteroatoms. The maximum Gasteiger partial charge on any atom is 0.490 e. The summed E-state index contributed by atoms with van der Waals surface area (Å²) in [6.07, 6.45) is -1.75. The molecule has 1 aromatic carbocycles. The zero-order valence-electron chi connectivity index (χ0n) is 15.3. The zero-order valence-corrected chi connectivity index (χ0v) is 16.1. The number of halogens is 4. The van der Waals surface area contributed by atoms with E-state index in [0.29, 0.717) is 12.8 Å². The van der Waals surface area contributed by atoms with Crippen molar-refractivity contribution < 1.29 is 41.0 Å². The number of aliphatic carboxylic acids is 1. The summed E-state index contributed by atoms with van der Waals surface area (Å²) in [5.74, 6) is -3.25. The Morgan fingerprint density at radius 2 is 1.80 bits per heavy atom. The van der Waals surface area contributed by atoms with E-state index >= 15 is 0 Å². The van der Waals surface area contributed by atoms with Crippen molar-refractivity contribution in [1.82, 2.24) is 9.29 Å². The van der Waals surface area contributed by atoms with Crippen LogP contribution in [-0.2, 0) is 21.2 Å². The summed E-state index contributed by atoms with van der Waals surface area (Å²) in [6.45, 7) is 0.242. The fourth-order valence-electron chi connectivity index (χ4n) is 2.85. The fourth-order valence-corrected chi connectivity index (χ4v) is 4.52. The number of aliphatic hydroxyl groups excluding tert-OH is 1. The van der Waals surface area contributed by atoms with Gasteiger partial charge in [-0.2, -0.15) is 17.5 Å². The number of hydrogen-bond donors (Lipinski definition) is 2. The van der Waals surface area contributed by atoms with Crippen molar-refractivity contribution >= 4 is 16.0 Å². The molecule has 1 aliphatic heterocycles. The van der Waals surface area contributed by atoms with Crippen molar-refractivity contribution in [3.8, 4) is 0 Å². The van der Waals surface area contributed by atoms with E-state index < -0.39 is 40.1 Å². The van der Waals surface area contributed by atoms with Crippen LogP contribution < -0.4 is 0 Å². The third-order valence-corrected chi connectivity index (χ3v) is 6.23. The maximum absolute atomic E-state index is 13.0. The lowest BCUT2D eigenvalue weighted by molar-refractivity contribution is -0.192. The van der Waals surface area contributed by atoms with E-state index in [0.717, 1.165) is 17.7 Å². The van der Waals surface area contributed by atoms with Crippen molar-refractivity contribution in [3.05, 3.63) is 60.2 Å². The molecule has 2 atom stereocenters. The number of carbonyl (C=O) groups is 1. The number of carboxylic acid groups (broad SMARTS) is 1. The number of carboxylic acids is 1. The molecule has 0 amide bonds. The summed E-state index contributed by atoms with van der Waals surface area (Å²) in [5, 5.41) is 17.3. The smallest absolute Gasteiger partial charge is 0.475 e. The van der Waals surface area contributed by atoms with Crippen LogP contribution in [0.25, 0.3) is 0 Å². The Morgan fingerprint density at radius 1 is 1.20 bits per heavy atom. The van der Waals surface area contributed by atoms with Crippen molar-refractivity contribution in [2.75, 3.05) is 6.54 Å². The summed E-state index contributed by atoms with van der Waals surface area (Å²) in [6, 6.07) is 7.81. The van der Waals surface area contributed by atoms with Crippen molar-refractivity contribution in [1.29, 1.82) is 0 Å². The molecule has 0 spiro atoms. The highest BCUT2D eigenvalue weighted by Crippen LogP contribution is 2.28. The summed E-state index contributed by atoms with van der Waals surface area (Å²) in [7, 11) is -3.77. The van der Waals surface area contributed by atoms with Gasteiger partial charge in [0.15, 0.2) is 0 Å². The van der Waals surface area contributed by atoms with E-state index in [4.69, 9.17) is 9.90 Å². The lowest BCUT2D eigenvalue weighted by Crippen LogP contribution is -2.41. The Morgan fingerprint density at radius 3 is 2.30 bits per heavy atom. The first kappa shape index (κ1) is 23.7. The summed E-state index contributed by atoms with van der Waals surface area (Å²) in [4.78, 5) is 12.9. The molecular formula is C18H18F4N2O5S. The highest BCUT2D eigenvalue weighted by atomic mass is 32.2. The fraction of sp³-hybridized carbons (Fsp3) is 0.333. The average Bonchev–Trinajstić information content (AvgIpc) is 3.04. The quantitative estimate of drug-likeness (QED) is 0.692. The van der Waals surface area contributed by atoms with Crippen LogP contribution in [0.1, 0.15) is 12.0 Å². The summed E-state index contributed by atoms with van der Waals surface area (Å²) >= 11 is 0. The molecule has 0 aliphatic carbocycles. The highest BCUT2D eigenvalue weighted by molar-refractivity contribution is 7.89. The second-order valence-corrected chi connectivity index (χ2v) is 8.25. The number of rotatable bonds is 4. The predicted octanol–water partition coefficient (Wildman–Crippen LogP) is 2.22. The van der Waals surface area contributed by atoms with E-state index in [2.05, 4.69) is 4.98 Å². The molecule has 0 bridgehead atoms. The third-order valence-electron chi connectivity index (χ3n) is 4.29. The van der Waals surface area contributed by atoms with Gasteiger partial charge in [-0.3, -0.25) is 4.98 Å². The minimum Gasteiger partial charge on any atom is -0.475 e. The number of nitrogens with zero attached hydrogens (tertiary/aromatic N) is 2. The number of sulfonamides is 1. The Hall–Kier alpha value is -2.57. The molecular weight excluding hydrogens is 432 g/mol. The van der Waals surface area contributed by atoms with Gasteiger partial charge in [-0.05, 0) is 48.7 Å². The number of pyridine rings is 1. The first-order valence-corrected chi connectivity index (χ1v) is 10.0. The standard InChI is InChI=1S/C16H17FN2O3S.C2HF3O2/c17-13-3-5-14(6-4-13)23(21,22)19-9-7-16(20)15(19)10-12-2-1-8-18-11-12;3-2(4,5)1(6)7/h1-6,8,11,15-16,20H,7,9-10H2;(H,6,7)/t15-,16+;/m0./s1. The molecule has 0 unspecified atom stereocenters. The van der Waals surface area contributed by atoms with E-state index in [1.165, 1.54) is 16.4 Å². The van der Waals surface area contributed by atoms with Gasteiger partial charge in [-0.25, -0.2) is 17.6 Å². The van der Waals surface area contributed by atoms with Crippen LogP contribution >= 0.6 is 0 Å². The lowest BCUT2D eigenvalue weighted by Gasteiger charge is -2.25. The SMILES string of the molecule is O=C(O)C(F)(F)F.O=S(=O)(c1ccc(F)cc1)N1CC[C@@H](O)[C@@H]1Cc1cccnc1. The van der Waals surface area contributed by atoms with Crippen LogP contribution in [0.15, 0.2) is 53.7 Å². The van der Waals surface area contributed by atoms with E-state index in [1.807, 2.05) is 6.07 Å². The number of alkyl halides is 3. The van der Waals surface area contributed by atoms with Gasteiger partial charge in [0.2, 0.25) is 10.0 Å². The largest absolute Gasteiger partial charge is 0.490 e. The van der Waals surface area contributed by atoms with E-state index in [9.17, 15) is 31.1 Å². The van der Waals surface area contributed by atoms with Crippen molar-refractivity contribution in [3.63, 3.8) is 0 Å². The van der Waals surface area contributed by atoms with Gasteiger partial charge in [0, 0.05) is 18.9 Å². The van der Waals surface area contributed by atoms with Gasteiger partial charge >= 0.3 is 12.1 Å². The summed E-state index contributed by atoms with van der Waals surface area (Å²) < 4.78 is 71.6. The summed E-state index contributed by atoms with van der Waals surface area (Å²) in [5.41, 5.74) is 0.859. The monoisotopic (exact) mass is 450 g/mol. The van der Waals surface area contributed by atoms with E-state index in [-0.39, 0.29) is 11.4 Å². The topological polar surface area (TPSA) is 108 Å². The number of hydrogen-bond acceptors (Lipinski definition) is 5. The van der Waals surface area contributed by atoms with Gasteiger partial charge in [-0.15, -0.1) is 0 Å². The Balaban J connectivity index is 0.000000396. The minimum atomic E-state index is -5.08. The predicted molar refractivity (Wildman–Crippen MR) is 96.3 cm³/mol. The van der Waals surface area contributed by atoms with Crippen LogP contribution in [0, 0.1) is 5.82 Å². The molecule has 0 saturated carbocycles. The molecule has 1 aliphatic rings. The van der Waals surface area contributed by atoms with Gasteiger partial charge < -0.3 is 10.2 Å². The average molecular weight is 450 g/mol. The van der Waals surface area contributed by atoms with Crippen LogP contribution in [0.2, 0.25) is 0 Å². The molecule has 1 aromatic heterocycles. The van der Waals surface area contributed by atoms with Crippen LogP contribution in [0.4, 0.5) is 17.6 Å². The molecule has 30 heavy (non-hydrogen) atoms. The molecule has 164 valence electrons. The molecule has 2 aromatic rings. The van der Waals surface area contributed by atoms with Crippen LogP contribution in [-0.4, -0.2) is 58.8 Å². The van der Waals surface area contributed by atoms with Gasteiger partial charge in [-0.1, -0.05) is 6.07 Å². The number of aliphatic hydroxyl groups is 1. The first-order valence-electron chi connectivity index (χ1n) is 8.57. The lowest BCUT2D eigenvalue weighted by atomic mass is 10.0. The second-order valence-electron chi connectivity index (χ2n) is 6.36. The van der Waals surface area contributed by atoms with Crippen LogP contribution in [0.3, 0.4) is 0 Å². The van der Waals surface area contributed by atoms with E-state index in [1.54, 1.807) is 18.5 Å². The Labute approximate surface area is 169 Å². The third kappa shape index (κ3) is 5.97. The normalized spacial score (nSPS) is 19.8. The number of benzene rings is 1. The first-order chi connectivity index (χ1) is 13.9. The van der Waals surface area contributed by atoms with Gasteiger partial charge in [0.25, 0.3) is 0 Å². The van der Waals surface area contributed by atoms with Gasteiger partial charge in [0.05, 0.1) is 17.0 Å². The van der Waals surface area contributed by atoms with Crippen molar-refractivity contribution in [2.45, 2.75) is 36.1 Å². The second kappa shape index (κ2) is 9.49. The Bertz CT molecular complexity index is 953. The van der Waals surface area contributed by atoms with Crippen LogP contribution in [0.5, 0.6) is 0 Å². The zero-order chi connectivity index (χ0) is 22.5. The number of aromatic nitrogens is 1. The highest BCUT2D eigenvalue weighted by Gasteiger charge is 2.41. The molecule has 7 nitrogen and oxygen atoms in total. The Kier molecular flexibility index (Phi) is 7.50. The van der Waals surface area contributed by atoms with Gasteiger partial charge in [0.1, 0.15) is 5.82 Å². The molecule has 1 fully saturated rings. The molecule has 2 N–H and O–H groups in total. The minimum absolute atomic E-state index is 0.0317. The molecule has 1 saturated heterocycles. The van der Waals surface area contributed by atoms with Crippen molar-refractivity contribution in [2.24, 2.45) is 0 Å². The molecule has 2 heterocycles. The molecule has 0 radical (unpaired) electrons. The maximum atomic E-state index is 13.0.